The summed E-state index contributed by atoms with van der Waals surface area (Å²) in [6.45, 7) is 0. The molecule has 4 aromatic rings. The molecule has 0 atom stereocenters. The van der Waals surface area contributed by atoms with Gasteiger partial charge in [-0.2, -0.15) is 0 Å². The van der Waals surface area contributed by atoms with Crippen LogP contribution in [0.1, 0.15) is 5.56 Å². The van der Waals surface area contributed by atoms with Gasteiger partial charge in [-0.15, -0.1) is 0 Å². The Labute approximate surface area is 188 Å². The van der Waals surface area contributed by atoms with Crippen LogP contribution in [0.2, 0.25) is 0 Å². The maximum atomic E-state index is 11.3. The van der Waals surface area contributed by atoms with Crippen LogP contribution >= 0.6 is 11.3 Å². The van der Waals surface area contributed by atoms with E-state index in [1.165, 1.54) is 23.6 Å². The molecule has 160 valence electrons. The van der Waals surface area contributed by atoms with Crippen LogP contribution in [0.3, 0.4) is 0 Å². The molecule has 0 aliphatic rings. The van der Waals surface area contributed by atoms with Crippen LogP contribution in [0.25, 0.3) is 21.7 Å². The van der Waals surface area contributed by atoms with E-state index in [0.29, 0.717) is 10.7 Å². The monoisotopic (exact) mass is 445 g/mol. The Bertz CT molecular complexity index is 1200. The minimum absolute atomic E-state index is 0.00133. The van der Waals surface area contributed by atoms with Crippen molar-refractivity contribution in [3.63, 3.8) is 0 Å². The molecular weight excluding hydrogens is 426 g/mol. The van der Waals surface area contributed by atoms with Gasteiger partial charge in [0.1, 0.15) is 11.5 Å². The van der Waals surface area contributed by atoms with Crippen molar-refractivity contribution in [3.05, 3.63) is 88.5 Å². The van der Waals surface area contributed by atoms with Gasteiger partial charge >= 0.3 is 0 Å². The molecule has 0 aliphatic heterocycles. The van der Waals surface area contributed by atoms with Gasteiger partial charge in [-0.25, -0.2) is 9.98 Å². The minimum Gasteiger partial charge on any atom is -0.497 e. The van der Waals surface area contributed by atoms with Crippen LogP contribution in [0.5, 0.6) is 11.5 Å². The van der Waals surface area contributed by atoms with Gasteiger partial charge in [-0.1, -0.05) is 23.5 Å². The highest BCUT2D eigenvalue weighted by atomic mass is 32.1. The third kappa shape index (κ3) is 4.50. The first-order valence-corrected chi connectivity index (χ1v) is 10.5. The summed E-state index contributed by atoms with van der Waals surface area (Å²) in [5, 5.41) is 11.8. The molecule has 0 saturated heterocycles. The number of para-hydroxylation sites is 1. The Kier molecular flexibility index (Phi) is 6.23. The maximum absolute atomic E-state index is 11.3. The second-order valence-corrected chi connectivity index (χ2v) is 7.68. The zero-order chi connectivity index (χ0) is 22.5. The van der Waals surface area contributed by atoms with Gasteiger partial charge in [-0.3, -0.25) is 10.1 Å². The largest absolute Gasteiger partial charge is 0.497 e. The third-order valence-corrected chi connectivity index (χ3v) is 5.79. The molecule has 32 heavy (non-hydrogen) atoms. The number of hydrogen-bond donors (Lipinski definition) is 0. The third-order valence-electron chi connectivity index (χ3n) is 4.78. The lowest BCUT2D eigenvalue weighted by Gasteiger charge is -2.05. The summed E-state index contributed by atoms with van der Waals surface area (Å²) >= 11 is 1.41. The average molecular weight is 446 g/mol. The van der Waals surface area contributed by atoms with E-state index in [4.69, 9.17) is 14.5 Å². The van der Waals surface area contributed by atoms with Gasteiger partial charge in [0.15, 0.2) is 0 Å². The van der Waals surface area contributed by atoms with E-state index >= 15 is 0 Å². The molecule has 1 aromatic heterocycles. The predicted molar refractivity (Wildman–Crippen MR) is 126 cm³/mol. The van der Waals surface area contributed by atoms with E-state index in [-0.39, 0.29) is 5.69 Å². The quantitative estimate of drug-likeness (QED) is 0.193. The number of aromatic nitrogens is 1. The van der Waals surface area contributed by atoms with Crippen LogP contribution in [0.4, 0.5) is 10.8 Å². The molecule has 7 nitrogen and oxygen atoms in total. The number of hydrogen-bond acceptors (Lipinski definition) is 7. The number of nitro groups is 1. The fourth-order valence-corrected chi connectivity index (χ4v) is 4.07. The second kappa shape index (κ2) is 9.40. The Morgan fingerprint density at radius 3 is 2.09 bits per heavy atom. The molecule has 0 fully saturated rings. The first kappa shape index (κ1) is 21.2. The lowest BCUT2D eigenvalue weighted by molar-refractivity contribution is -0.385. The van der Waals surface area contributed by atoms with Gasteiger partial charge in [-0.05, 0) is 60.2 Å². The SMILES string of the molecule is COc1ccc(-c2nc(N=Cc3ccccc3[N+](=O)[O-])sc2-c2ccc(OC)cc2)cc1. The Morgan fingerprint density at radius 1 is 0.906 bits per heavy atom. The molecule has 4 rings (SSSR count). The molecule has 0 bridgehead atoms. The Morgan fingerprint density at radius 2 is 1.50 bits per heavy atom. The molecular formula is C24H19N3O4S. The van der Waals surface area contributed by atoms with Crippen LogP contribution < -0.4 is 9.47 Å². The second-order valence-electron chi connectivity index (χ2n) is 6.71. The highest BCUT2D eigenvalue weighted by Gasteiger charge is 2.16. The molecule has 8 heteroatoms. The van der Waals surface area contributed by atoms with Gasteiger partial charge in [0.25, 0.3) is 5.69 Å². The van der Waals surface area contributed by atoms with Crippen molar-refractivity contribution in [2.75, 3.05) is 14.2 Å². The maximum Gasteiger partial charge on any atom is 0.278 e. The lowest BCUT2D eigenvalue weighted by Crippen LogP contribution is -1.93. The van der Waals surface area contributed by atoms with Gasteiger partial charge in [0.05, 0.1) is 35.3 Å². The number of benzene rings is 3. The number of thiazole rings is 1. The number of nitro benzene ring substituents is 1. The molecule has 0 saturated carbocycles. The molecule has 3 aromatic carbocycles. The summed E-state index contributed by atoms with van der Waals surface area (Å²) in [6, 6.07) is 21.8. The first-order chi connectivity index (χ1) is 15.6. The Balaban J connectivity index is 1.77. The molecule has 0 spiro atoms. The summed E-state index contributed by atoms with van der Waals surface area (Å²) in [6.07, 6.45) is 1.48. The van der Waals surface area contributed by atoms with E-state index in [2.05, 4.69) is 4.99 Å². The van der Waals surface area contributed by atoms with E-state index < -0.39 is 4.92 Å². The lowest BCUT2D eigenvalue weighted by atomic mass is 10.1. The highest BCUT2D eigenvalue weighted by molar-refractivity contribution is 7.19. The molecule has 0 radical (unpaired) electrons. The number of rotatable bonds is 7. The van der Waals surface area contributed by atoms with Gasteiger partial charge in [0.2, 0.25) is 5.13 Å². The fourth-order valence-electron chi connectivity index (χ4n) is 3.13. The molecule has 1 heterocycles. The highest BCUT2D eigenvalue weighted by Crippen LogP contribution is 2.41. The van der Waals surface area contributed by atoms with Crippen molar-refractivity contribution in [2.24, 2.45) is 4.99 Å². The number of nitrogens with zero attached hydrogens (tertiary/aromatic N) is 3. The van der Waals surface area contributed by atoms with Gasteiger partial charge in [0, 0.05) is 17.8 Å². The molecule has 0 amide bonds. The predicted octanol–water partition coefficient (Wildman–Crippen LogP) is 6.15. The average Bonchev–Trinajstić information content (AvgIpc) is 3.27. The van der Waals surface area contributed by atoms with Crippen molar-refractivity contribution in [3.8, 4) is 33.2 Å². The zero-order valence-corrected chi connectivity index (χ0v) is 18.2. The standard InChI is InChI=1S/C24H19N3O4S/c1-30-19-11-7-16(8-12-19)22-23(17-9-13-20(31-2)14-10-17)32-24(26-22)25-15-18-5-3-4-6-21(18)27(28)29/h3-15H,1-2H3. The molecule has 0 unspecified atom stereocenters. The topological polar surface area (TPSA) is 86.9 Å². The van der Waals surface area contributed by atoms with E-state index in [0.717, 1.165) is 33.2 Å². The summed E-state index contributed by atoms with van der Waals surface area (Å²) in [7, 11) is 3.25. The number of methoxy groups -OCH3 is 2. The molecule has 0 N–H and O–H groups in total. The normalized spacial score (nSPS) is 10.9. The van der Waals surface area contributed by atoms with Crippen molar-refractivity contribution in [1.29, 1.82) is 0 Å². The number of ether oxygens (including phenoxy) is 2. The van der Waals surface area contributed by atoms with Crippen molar-refractivity contribution >= 4 is 28.4 Å². The van der Waals surface area contributed by atoms with E-state index in [9.17, 15) is 10.1 Å². The molecule has 0 aliphatic carbocycles. The van der Waals surface area contributed by atoms with E-state index in [1.807, 2.05) is 48.5 Å². The smallest absolute Gasteiger partial charge is 0.278 e. The van der Waals surface area contributed by atoms with Crippen molar-refractivity contribution in [2.45, 2.75) is 0 Å². The van der Waals surface area contributed by atoms with Crippen LogP contribution in [-0.2, 0) is 0 Å². The minimum atomic E-state index is -0.422. The zero-order valence-electron chi connectivity index (χ0n) is 17.4. The number of aliphatic imine (C=N–C) groups is 1. The first-order valence-electron chi connectivity index (χ1n) is 9.66. The summed E-state index contributed by atoms with van der Waals surface area (Å²) in [5.41, 5.74) is 3.09. The van der Waals surface area contributed by atoms with Crippen molar-refractivity contribution in [1.82, 2.24) is 4.98 Å². The van der Waals surface area contributed by atoms with Gasteiger partial charge < -0.3 is 9.47 Å². The van der Waals surface area contributed by atoms with Crippen LogP contribution in [-0.4, -0.2) is 30.3 Å². The van der Waals surface area contributed by atoms with Crippen LogP contribution in [0.15, 0.2) is 77.8 Å². The van der Waals surface area contributed by atoms with Crippen LogP contribution in [0, 0.1) is 10.1 Å². The summed E-state index contributed by atoms with van der Waals surface area (Å²) in [5.74, 6) is 1.52. The summed E-state index contributed by atoms with van der Waals surface area (Å²) in [4.78, 5) is 21.0. The fraction of sp³-hybridized carbons (Fsp3) is 0.0833. The van der Waals surface area contributed by atoms with E-state index in [1.54, 1.807) is 32.4 Å². The summed E-state index contributed by atoms with van der Waals surface area (Å²) < 4.78 is 10.5. The van der Waals surface area contributed by atoms with Crippen molar-refractivity contribution < 1.29 is 14.4 Å². The Hall–Kier alpha value is -4.04.